The molecule has 0 spiro atoms. The van der Waals surface area contributed by atoms with Gasteiger partial charge in [-0.2, -0.15) is 0 Å². The highest BCUT2D eigenvalue weighted by atomic mass is 16.6. The first kappa shape index (κ1) is 18.1. The summed E-state index contributed by atoms with van der Waals surface area (Å²) in [5, 5.41) is 0. The molecule has 0 saturated carbocycles. The molecule has 0 amide bonds. The molecule has 5 rings (SSSR count). The Hall–Kier alpha value is -2.95. The summed E-state index contributed by atoms with van der Waals surface area (Å²) in [5.74, 6) is 0.647. The molecule has 2 aliphatic heterocycles. The van der Waals surface area contributed by atoms with Gasteiger partial charge in [0.05, 0.1) is 6.61 Å². The molecule has 0 aromatic heterocycles. The molecule has 3 aromatic rings. The molecule has 3 aromatic carbocycles. The Balaban J connectivity index is 1.50. The molecule has 0 bridgehead atoms. The topological polar surface area (TPSA) is 43.3 Å². The van der Waals surface area contributed by atoms with E-state index in [9.17, 15) is 0 Å². The van der Waals surface area contributed by atoms with Crippen LogP contribution in [0.25, 0.3) is 0 Å². The van der Waals surface area contributed by atoms with Gasteiger partial charge in [0.15, 0.2) is 11.7 Å². The third kappa shape index (κ3) is 3.15. The Morgan fingerprint density at radius 2 is 1.38 bits per heavy atom. The largest absolute Gasteiger partial charge is 0.468 e. The predicted octanol–water partition coefficient (Wildman–Crippen LogP) is 4.51. The Morgan fingerprint density at radius 3 is 1.93 bits per heavy atom. The van der Waals surface area contributed by atoms with Crippen LogP contribution in [-0.4, -0.2) is 31.8 Å². The zero-order valence-corrected chi connectivity index (χ0v) is 16.3. The van der Waals surface area contributed by atoms with E-state index >= 15 is 0 Å². The molecule has 0 radical (unpaired) electrons. The maximum Gasteiger partial charge on any atom is 0.218 e. The van der Waals surface area contributed by atoms with Crippen LogP contribution in [0.4, 0.5) is 0 Å². The standard InChI is InChI=1S/C25H23NO3/c1-27-17-21-22(18-11-5-2-6-12-18)28-24(26-21)23-25(29-23,19-13-7-3-8-14-19)20-15-9-4-10-16-20/h2-16,21-23H,17H2,1H3/t21-,22-,23?/m0/s1. The average Bonchev–Trinajstić information content (AvgIpc) is 3.42. The summed E-state index contributed by atoms with van der Waals surface area (Å²) in [4.78, 5) is 4.89. The van der Waals surface area contributed by atoms with Crippen LogP contribution >= 0.6 is 0 Å². The van der Waals surface area contributed by atoms with E-state index in [1.54, 1.807) is 7.11 Å². The van der Waals surface area contributed by atoms with Crippen molar-refractivity contribution in [3.05, 3.63) is 108 Å². The fourth-order valence-corrected chi connectivity index (χ4v) is 4.18. The normalized spacial score (nSPS) is 24.6. The van der Waals surface area contributed by atoms with Gasteiger partial charge in [-0.1, -0.05) is 91.0 Å². The monoisotopic (exact) mass is 385 g/mol. The van der Waals surface area contributed by atoms with Crippen molar-refractivity contribution in [1.29, 1.82) is 0 Å². The molecule has 1 fully saturated rings. The summed E-state index contributed by atoms with van der Waals surface area (Å²) in [5.41, 5.74) is 2.74. The second-order valence-electron chi connectivity index (χ2n) is 7.40. The number of nitrogens with zero attached hydrogens (tertiary/aromatic N) is 1. The lowest BCUT2D eigenvalue weighted by Crippen LogP contribution is -2.22. The van der Waals surface area contributed by atoms with E-state index in [2.05, 4.69) is 36.4 Å². The van der Waals surface area contributed by atoms with Gasteiger partial charge in [0.25, 0.3) is 0 Å². The van der Waals surface area contributed by atoms with E-state index in [4.69, 9.17) is 19.2 Å². The van der Waals surface area contributed by atoms with Crippen LogP contribution in [0.2, 0.25) is 0 Å². The summed E-state index contributed by atoms with van der Waals surface area (Å²) in [6, 6.07) is 30.7. The molecule has 4 heteroatoms. The van der Waals surface area contributed by atoms with E-state index < -0.39 is 5.60 Å². The van der Waals surface area contributed by atoms with Crippen molar-refractivity contribution in [2.45, 2.75) is 23.9 Å². The number of rotatable bonds is 6. The average molecular weight is 385 g/mol. The molecule has 146 valence electrons. The highest BCUT2D eigenvalue weighted by Gasteiger charge is 2.64. The van der Waals surface area contributed by atoms with Crippen LogP contribution in [-0.2, 0) is 19.8 Å². The van der Waals surface area contributed by atoms with Gasteiger partial charge in [0.2, 0.25) is 5.90 Å². The third-order valence-electron chi connectivity index (χ3n) is 5.60. The smallest absolute Gasteiger partial charge is 0.218 e. The van der Waals surface area contributed by atoms with Crippen LogP contribution in [0, 0.1) is 0 Å². The Bertz CT molecular complexity index is 949. The van der Waals surface area contributed by atoms with E-state index in [0.717, 1.165) is 16.7 Å². The molecule has 1 unspecified atom stereocenters. The lowest BCUT2D eigenvalue weighted by atomic mass is 9.88. The van der Waals surface area contributed by atoms with Gasteiger partial charge in [-0.15, -0.1) is 0 Å². The number of hydrogen-bond acceptors (Lipinski definition) is 4. The lowest BCUT2D eigenvalue weighted by Gasteiger charge is -2.18. The van der Waals surface area contributed by atoms with Crippen molar-refractivity contribution in [3.63, 3.8) is 0 Å². The second-order valence-corrected chi connectivity index (χ2v) is 7.40. The van der Waals surface area contributed by atoms with E-state index in [-0.39, 0.29) is 18.2 Å². The molecule has 2 heterocycles. The van der Waals surface area contributed by atoms with Crippen molar-refractivity contribution in [2.75, 3.05) is 13.7 Å². The maximum absolute atomic E-state index is 6.38. The predicted molar refractivity (Wildman–Crippen MR) is 112 cm³/mol. The van der Waals surface area contributed by atoms with Gasteiger partial charge in [0, 0.05) is 7.11 Å². The van der Waals surface area contributed by atoms with Crippen LogP contribution < -0.4 is 0 Å². The van der Waals surface area contributed by atoms with Crippen LogP contribution in [0.5, 0.6) is 0 Å². The summed E-state index contributed by atoms with van der Waals surface area (Å²) in [6.07, 6.45) is -0.417. The molecule has 0 N–H and O–H groups in total. The molecule has 2 aliphatic rings. The van der Waals surface area contributed by atoms with Gasteiger partial charge in [-0.05, 0) is 16.7 Å². The summed E-state index contributed by atoms with van der Waals surface area (Å²) >= 11 is 0. The quantitative estimate of drug-likeness (QED) is 0.586. The van der Waals surface area contributed by atoms with Gasteiger partial charge in [0.1, 0.15) is 12.1 Å². The van der Waals surface area contributed by atoms with Crippen molar-refractivity contribution >= 4 is 5.90 Å². The third-order valence-corrected chi connectivity index (χ3v) is 5.60. The molecule has 0 aliphatic carbocycles. The minimum Gasteiger partial charge on any atom is -0.468 e. The minimum absolute atomic E-state index is 0.0918. The van der Waals surface area contributed by atoms with Crippen molar-refractivity contribution < 1.29 is 14.2 Å². The maximum atomic E-state index is 6.38. The lowest BCUT2D eigenvalue weighted by molar-refractivity contribution is 0.118. The first-order valence-corrected chi connectivity index (χ1v) is 9.90. The van der Waals surface area contributed by atoms with E-state index in [1.807, 2.05) is 54.6 Å². The number of epoxide rings is 1. The highest BCUT2D eigenvalue weighted by molar-refractivity contribution is 5.88. The van der Waals surface area contributed by atoms with Crippen molar-refractivity contribution in [1.82, 2.24) is 0 Å². The Kier molecular flexibility index (Phi) is 4.66. The molecular formula is C25H23NO3. The van der Waals surface area contributed by atoms with Crippen molar-refractivity contribution in [3.8, 4) is 0 Å². The van der Waals surface area contributed by atoms with Gasteiger partial charge in [-0.25, -0.2) is 4.99 Å². The molecule has 4 nitrogen and oxygen atoms in total. The van der Waals surface area contributed by atoms with Crippen LogP contribution in [0.15, 0.2) is 96.0 Å². The van der Waals surface area contributed by atoms with Crippen molar-refractivity contribution in [2.24, 2.45) is 4.99 Å². The summed E-state index contributed by atoms with van der Waals surface area (Å²) < 4.78 is 18.2. The zero-order valence-electron chi connectivity index (χ0n) is 16.3. The van der Waals surface area contributed by atoms with Gasteiger partial charge < -0.3 is 14.2 Å². The number of benzene rings is 3. The molecule has 29 heavy (non-hydrogen) atoms. The highest BCUT2D eigenvalue weighted by Crippen LogP contribution is 2.53. The fraction of sp³-hybridized carbons (Fsp3) is 0.240. The first-order chi connectivity index (χ1) is 14.3. The Labute approximate surface area is 170 Å². The number of aliphatic imine (C=N–C) groups is 1. The van der Waals surface area contributed by atoms with Crippen LogP contribution in [0.1, 0.15) is 22.8 Å². The number of hydrogen-bond donors (Lipinski definition) is 0. The summed E-state index contributed by atoms with van der Waals surface area (Å²) in [6.45, 7) is 0.499. The first-order valence-electron chi connectivity index (χ1n) is 9.90. The van der Waals surface area contributed by atoms with Gasteiger partial charge in [-0.3, -0.25) is 0 Å². The number of ether oxygens (including phenoxy) is 3. The summed E-state index contributed by atoms with van der Waals surface area (Å²) in [7, 11) is 1.70. The second kappa shape index (κ2) is 7.47. The molecule has 3 atom stereocenters. The fourth-order valence-electron chi connectivity index (χ4n) is 4.18. The SMILES string of the molecule is COC[C@@H]1N=C(C2OC2(c2ccccc2)c2ccccc2)O[C@H]1c1ccccc1. The number of methoxy groups -OCH3 is 1. The van der Waals surface area contributed by atoms with E-state index in [0.29, 0.717) is 12.5 Å². The zero-order chi connectivity index (χ0) is 19.7. The Morgan fingerprint density at radius 1 is 0.828 bits per heavy atom. The van der Waals surface area contributed by atoms with Crippen LogP contribution in [0.3, 0.4) is 0 Å². The van der Waals surface area contributed by atoms with Gasteiger partial charge >= 0.3 is 0 Å². The minimum atomic E-state index is -0.565. The molecule has 1 saturated heterocycles. The molecular weight excluding hydrogens is 362 g/mol. The van der Waals surface area contributed by atoms with E-state index in [1.165, 1.54) is 0 Å².